The molecule has 0 spiro atoms. The Balaban J connectivity index is 1.92. The third-order valence-electron chi connectivity index (χ3n) is 4.57. The number of carbonyl (C=O) groups excluding carboxylic acids is 1. The molecule has 1 amide bonds. The molecule has 0 radical (unpaired) electrons. The Morgan fingerprint density at radius 1 is 1.19 bits per heavy atom. The molecule has 0 saturated heterocycles. The average Bonchev–Trinajstić information content (AvgIpc) is 2.91. The molecular formula is C17H23NO3. The Hall–Kier alpha value is -1.84. The standard InChI is InChI=1S/C17H23NO3/c1-12-5-6-14(9-13(12)2)10-15(19)18-11-17(16(20)21)7-3-4-8-17/h5-6,9H,3-4,7-8,10-11H2,1-2H3,(H,18,19)(H,20,21). The molecule has 1 aromatic rings. The average molecular weight is 289 g/mol. The van der Waals surface area contributed by atoms with E-state index in [1.165, 1.54) is 5.56 Å². The van der Waals surface area contributed by atoms with Gasteiger partial charge in [0.05, 0.1) is 11.8 Å². The topological polar surface area (TPSA) is 66.4 Å². The summed E-state index contributed by atoms with van der Waals surface area (Å²) >= 11 is 0. The van der Waals surface area contributed by atoms with Crippen molar-refractivity contribution in [3.05, 3.63) is 34.9 Å². The van der Waals surface area contributed by atoms with Gasteiger partial charge < -0.3 is 10.4 Å². The minimum atomic E-state index is -0.786. The SMILES string of the molecule is Cc1ccc(CC(=O)NCC2(C(=O)O)CCCC2)cc1C. The Morgan fingerprint density at radius 3 is 2.43 bits per heavy atom. The van der Waals surface area contributed by atoms with E-state index in [2.05, 4.69) is 5.32 Å². The maximum Gasteiger partial charge on any atom is 0.311 e. The number of aryl methyl sites for hydroxylation is 2. The summed E-state index contributed by atoms with van der Waals surface area (Å²) in [5.74, 6) is -0.891. The zero-order valence-electron chi connectivity index (χ0n) is 12.7. The van der Waals surface area contributed by atoms with Gasteiger partial charge in [-0.3, -0.25) is 9.59 Å². The molecule has 0 unspecified atom stereocenters. The van der Waals surface area contributed by atoms with Crippen molar-refractivity contribution in [1.82, 2.24) is 5.32 Å². The molecule has 1 aliphatic rings. The van der Waals surface area contributed by atoms with Gasteiger partial charge >= 0.3 is 5.97 Å². The van der Waals surface area contributed by atoms with Gasteiger partial charge in [-0.15, -0.1) is 0 Å². The normalized spacial score (nSPS) is 16.7. The number of carbonyl (C=O) groups is 2. The van der Waals surface area contributed by atoms with Crippen LogP contribution in [0.3, 0.4) is 0 Å². The number of amides is 1. The van der Waals surface area contributed by atoms with E-state index >= 15 is 0 Å². The van der Waals surface area contributed by atoms with Crippen LogP contribution in [-0.2, 0) is 16.0 Å². The second kappa shape index (κ2) is 6.29. The van der Waals surface area contributed by atoms with Crippen molar-refractivity contribution in [2.75, 3.05) is 6.54 Å². The van der Waals surface area contributed by atoms with Crippen LogP contribution in [0.2, 0.25) is 0 Å². The van der Waals surface area contributed by atoms with Crippen LogP contribution in [0.1, 0.15) is 42.4 Å². The number of hydrogen-bond acceptors (Lipinski definition) is 2. The lowest BCUT2D eigenvalue weighted by Gasteiger charge is -2.24. The molecule has 0 heterocycles. The highest BCUT2D eigenvalue weighted by atomic mass is 16.4. The van der Waals surface area contributed by atoms with Gasteiger partial charge in [0.25, 0.3) is 0 Å². The van der Waals surface area contributed by atoms with Crippen molar-refractivity contribution in [2.45, 2.75) is 46.0 Å². The zero-order chi connectivity index (χ0) is 15.5. The number of carboxylic acids is 1. The minimum absolute atomic E-state index is 0.106. The number of hydrogen-bond donors (Lipinski definition) is 2. The molecule has 2 N–H and O–H groups in total. The van der Waals surface area contributed by atoms with E-state index in [0.717, 1.165) is 24.0 Å². The van der Waals surface area contributed by atoms with Crippen LogP contribution < -0.4 is 5.32 Å². The van der Waals surface area contributed by atoms with Crippen LogP contribution in [0, 0.1) is 19.3 Å². The van der Waals surface area contributed by atoms with Gasteiger partial charge in [0.2, 0.25) is 5.91 Å². The summed E-state index contributed by atoms with van der Waals surface area (Å²) in [6.07, 6.45) is 3.48. The van der Waals surface area contributed by atoms with E-state index in [9.17, 15) is 14.7 Å². The molecule has 21 heavy (non-hydrogen) atoms. The molecule has 0 aliphatic heterocycles. The van der Waals surface area contributed by atoms with Crippen molar-refractivity contribution in [2.24, 2.45) is 5.41 Å². The van der Waals surface area contributed by atoms with E-state index in [-0.39, 0.29) is 12.5 Å². The first kappa shape index (κ1) is 15.5. The lowest BCUT2D eigenvalue weighted by atomic mass is 9.86. The van der Waals surface area contributed by atoms with E-state index in [4.69, 9.17) is 0 Å². The van der Waals surface area contributed by atoms with Crippen molar-refractivity contribution in [3.63, 3.8) is 0 Å². The lowest BCUT2D eigenvalue weighted by Crippen LogP contribution is -2.41. The van der Waals surface area contributed by atoms with Crippen molar-refractivity contribution >= 4 is 11.9 Å². The predicted octanol–water partition coefficient (Wildman–Crippen LogP) is 2.61. The van der Waals surface area contributed by atoms with Crippen LogP contribution >= 0.6 is 0 Å². The smallest absolute Gasteiger partial charge is 0.311 e. The van der Waals surface area contributed by atoms with Crippen LogP contribution in [0.4, 0.5) is 0 Å². The van der Waals surface area contributed by atoms with E-state index in [1.54, 1.807) is 0 Å². The van der Waals surface area contributed by atoms with Crippen LogP contribution in [0.5, 0.6) is 0 Å². The molecule has 4 nitrogen and oxygen atoms in total. The first-order chi connectivity index (χ1) is 9.93. The number of aliphatic carboxylic acids is 1. The molecule has 0 atom stereocenters. The Labute approximate surface area is 125 Å². The Bertz CT molecular complexity index is 545. The highest BCUT2D eigenvalue weighted by molar-refractivity contribution is 5.80. The second-order valence-corrected chi connectivity index (χ2v) is 6.16. The Kier molecular flexibility index (Phi) is 4.66. The summed E-state index contributed by atoms with van der Waals surface area (Å²) in [5.41, 5.74) is 2.58. The molecule has 4 heteroatoms. The van der Waals surface area contributed by atoms with Gasteiger partial charge in [-0.05, 0) is 43.4 Å². The maximum atomic E-state index is 12.0. The lowest BCUT2D eigenvalue weighted by molar-refractivity contribution is -0.148. The zero-order valence-corrected chi connectivity index (χ0v) is 12.7. The van der Waals surface area contributed by atoms with E-state index in [0.29, 0.717) is 19.3 Å². The summed E-state index contributed by atoms with van der Waals surface area (Å²) < 4.78 is 0. The molecule has 0 bridgehead atoms. The summed E-state index contributed by atoms with van der Waals surface area (Å²) in [5, 5.41) is 12.2. The highest BCUT2D eigenvalue weighted by Crippen LogP contribution is 2.37. The molecule has 0 aromatic heterocycles. The number of benzene rings is 1. The second-order valence-electron chi connectivity index (χ2n) is 6.16. The van der Waals surface area contributed by atoms with Crippen molar-refractivity contribution in [1.29, 1.82) is 0 Å². The summed E-state index contributed by atoms with van der Waals surface area (Å²) in [6.45, 7) is 4.30. The fraction of sp³-hybridized carbons (Fsp3) is 0.529. The van der Waals surface area contributed by atoms with E-state index in [1.807, 2.05) is 32.0 Å². The Morgan fingerprint density at radius 2 is 1.86 bits per heavy atom. The van der Waals surface area contributed by atoms with Gasteiger partial charge in [0, 0.05) is 6.54 Å². The summed E-state index contributed by atoms with van der Waals surface area (Å²) in [7, 11) is 0. The predicted molar refractivity (Wildman–Crippen MR) is 81.2 cm³/mol. The van der Waals surface area contributed by atoms with Gasteiger partial charge in [-0.2, -0.15) is 0 Å². The fourth-order valence-corrected chi connectivity index (χ4v) is 2.95. The fourth-order valence-electron chi connectivity index (χ4n) is 2.95. The first-order valence-corrected chi connectivity index (χ1v) is 7.49. The largest absolute Gasteiger partial charge is 0.481 e. The molecule has 1 aliphatic carbocycles. The van der Waals surface area contributed by atoms with Gasteiger partial charge in [-0.25, -0.2) is 0 Å². The quantitative estimate of drug-likeness (QED) is 0.875. The summed E-state index contributed by atoms with van der Waals surface area (Å²) in [4.78, 5) is 23.5. The molecule has 1 fully saturated rings. The molecular weight excluding hydrogens is 266 g/mol. The van der Waals surface area contributed by atoms with Crippen molar-refractivity contribution in [3.8, 4) is 0 Å². The highest BCUT2D eigenvalue weighted by Gasteiger charge is 2.41. The maximum absolute atomic E-state index is 12.0. The number of carboxylic acid groups (broad SMARTS) is 1. The van der Waals surface area contributed by atoms with Gasteiger partial charge in [-0.1, -0.05) is 31.0 Å². The number of nitrogens with one attached hydrogen (secondary N) is 1. The van der Waals surface area contributed by atoms with Crippen molar-refractivity contribution < 1.29 is 14.7 Å². The van der Waals surface area contributed by atoms with Gasteiger partial charge in [0.1, 0.15) is 0 Å². The first-order valence-electron chi connectivity index (χ1n) is 7.49. The monoisotopic (exact) mass is 289 g/mol. The van der Waals surface area contributed by atoms with Crippen LogP contribution in [0.15, 0.2) is 18.2 Å². The third kappa shape index (κ3) is 3.63. The number of rotatable bonds is 5. The molecule has 1 saturated carbocycles. The molecule has 1 aromatic carbocycles. The van der Waals surface area contributed by atoms with Crippen LogP contribution in [0.25, 0.3) is 0 Å². The van der Waals surface area contributed by atoms with Gasteiger partial charge in [0.15, 0.2) is 0 Å². The molecule has 2 rings (SSSR count). The summed E-state index contributed by atoms with van der Waals surface area (Å²) in [6, 6.07) is 5.97. The minimum Gasteiger partial charge on any atom is -0.481 e. The van der Waals surface area contributed by atoms with E-state index < -0.39 is 11.4 Å². The third-order valence-corrected chi connectivity index (χ3v) is 4.57. The molecule has 114 valence electrons. The van der Waals surface area contributed by atoms with Crippen LogP contribution in [-0.4, -0.2) is 23.5 Å².